The molecule has 1 nitrogen and oxygen atoms in total. The molecule has 2 aliphatic rings. The summed E-state index contributed by atoms with van der Waals surface area (Å²) >= 11 is 0. The summed E-state index contributed by atoms with van der Waals surface area (Å²) in [6, 6.07) is 6.70. The molecule has 0 heterocycles. The maximum Gasteiger partial charge on any atom is 0.122 e. The lowest BCUT2D eigenvalue weighted by Gasteiger charge is -2.32. The Bertz CT molecular complexity index is 412. The summed E-state index contributed by atoms with van der Waals surface area (Å²) < 4.78 is 5.62. The Balaban J connectivity index is 2.10. The van der Waals surface area contributed by atoms with Crippen molar-refractivity contribution in [2.45, 2.75) is 50.9 Å². The summed E-state index contributed by atoms with van der Waals surface area (Å²) in [6.45, 7) is 2.19. The summed E-state index contributed by atoms with van der Waals surface area (Å²) in [5, 5.41) is 0. The average molecular weight is 230 g/mol. The highest BCUT2D eigenvalue weighted by Crippen LogP contribution is 2.57. The third-order valence-corrected chi connectivity index (χ3v) is 5.02. The van der Waals surface area contributed by atoms with Crippen molar-refractivity contribution in [3.05, 3.63) is 29.3 Å². The normalized spacial score (nSPS) is 31.5. The largest absolute Gasteiger partial charge is 0.496 e. The van der Waals surface area contributed by atoms with Crippen LogP contribution >= 0.6 is 0 Å². The molecule has 92 valence electrons. The highest BCUT2D eigenvalue weighted by atomic mass is 16.5. The Labute approximate surface area is 104 Å². The van der Waals surface area contributed by atoms with Gasteiger partial charge >= 0.3 is 0 Å². The van der Waals surface area contributed by atoms with Crippen molar-refractivity contribution in [1.82, 2.24) is 0 Å². The van der Waals surface area contributed by atoms with Crippen LogP contribution in [0.15, 0.2) is 18.2 Å². The summed E-state index contributed by atoms with van der Waals surface area (Å²) in [6.07, 6.45) is 8.41. The van der Waals surface area contributed by atoms with E-state index in [-0.39, 0.29) is 0 Å². The van der Waals surface area contributed by atoms with E-state index in [1.807, 2.05) is 7.11 Å². The second-order valence-electron chi connectivity index (χ2n) is 5.84. The highest BCUT2D eigenvalue weighted by Gasteiger charge is 2.48. The van der Waals surface area contributed by atoms with Gasteiger partial charge in [0.05, 0.1) is 7.11 Å². The van der Waals surface area contributed by atoms with Crippen molar-refractivity contribution in [1.29, 1.82) is 0 Å². The van der Waals surface area contributed by atoms with Gasteiger partial charge in [0, 0.05) is 11.0 Å². The lowest BCUT2D eigenvalue weighted by atomic mass is 9.73. The molecule has 3 rings (SSSR count). The van der Waals surface area contributed by atoms with E-state index < -0.39 is 0 Å². The van der Waals surface area contributed by atoms with Gasteiger partial charge in [0.1, 0.15) is 5.75 Å². The fraction of sp³-hybridized carbons (Fsp3) is 0.625. The predicted molar refractivity (Wildman–Crippen MR) is 70.6 cm³/mol. The average Bonchev–Trinajstić information content (AvgIpc) is 2.88. The third-order valence-electron chi connectivity index (χ3n) is 5.02. The van der Waals surface area contributed by atoms with Gasteiger partial charge in [-0.2, -0.15) is 0 Å². The van der Waals surface area contributed by atoms with Crippen molar-refractivity contribution in [3.8, 4) is 5.75 Å². The van der Waals surface area contributed by atoms with E-state index in [9.17, 15) is 0 Å². The first kappa shape index (κ1) is 11.1. The Kier molecular flexibility index (Phi) is 2.65. The fourth-order valence-corrected chi connectivity index (χ4v) is 4.26. The van der Waals surface area contributed by atoms with Crippen LogP contribution in [0.25, 0.3) is 0 Å². The first-order chi connectivity index (χ1) is 8.26. The molecule has 0 spiro atoms. The quantitative estimate of drug-likeness (QED) is 0.739. The molecule has 0 aliphatic heterocycles. The van der Waals surface area contributed by atoms with Crippen LogP contribution in [0.2, 0.25) is 0 Å². The van der Waals surface area contributed by atoms with Gasteiger partial charge in [0.25, 0.3) is 0 Å². The SMILES string of the molecule is COc1ccc(C)cc1C12CCCC1CCC2. The standard InChI is InChI=1S/C16H22O/c1-12-7-8-15(17-2)14(11-12)16-9-3-5-13(16)6-4-10-16/h7-8,11,13H,3-6,9-10H2,1-2H3. The Morgan fingerprint density at radius 1 is 1.18 bits per heavy atom. The van der Waals surface area contributed by atoms with Crippen molar-refractivity contribution in [2.75, 3.05) is 7.11 Å². The fourth-order valence-electron chi connectivity index (χ4n) is 4.26. The van der Waals surface area contributed by atoms with Crippen molar-refractivity contribution in [2.24, 2.45) is 5.92 Å². The molecule has 0 bridgehead atoms. The first-order valence-corrected chi connectivity index (χ1v) is 6.91. The van der Waals surface area contributed by atoms with Crippen LogP contribution in [0.3, 0.4) is 0 Å². The van der Waals surface area contributed by atoms with Crippen molar-refractivity contribution in [3.63, 3.8) is 0 Å². The minimum absolute atomic E-state index is 0.456. The Hall–Kier alpha value is -0.980. The number of hydrogen-bond acceptors (Lipinski definition) is 1. The van der Waals surface area contributed by atoms with Gasteiger partial charge in [-0.05, 0) is 44.6 Å². The molecule has 0 atom stereocenters. The maximum absolute atomic E-state index is 5.62. The van der Waals surface area contributed by atoms with Gasteiger partial charge in [-0.1, -0.05) is 30.5 Å². The monoisotopic (exact) mass is 230 g/mol. The van der Waals surface area contributed by atoms with Crippen LogP contribution in [0.4, 0.5) is 0 Å². The molecule has 17 heavy (non-hydrogen) atoms. The maximum atomic E-state index is 5.62. The molecule has 1 aromatic rings. The van der Waals surface area contributed by atoms with Gasteiger partial charge in [-0.15, -0.1) is 0 Å². The first-order valence-electron chi connectivity index (χ1n) is 6.91. The number of fused-ring (bicyclic) bond motifs is 1. The molecule has 1 heteroatoms. The van der Waals surface area contributed by atoms with Gasteiger partial charge in [-0.3, -0.25) is 0 Å². The van der Waals surface area contributed by atoms with Crippen LogP contribution in [0.5, 0.6) is 5.75 Å². The zero-order valence-corrected chi connectivity index (χ0v) is 11.0. The van der Waals surface area contributed by atoms with Crippen molar-refractivity contribution < 1.29 is 4.74 Å². The molecule has 2 saturated carbocycles. The smallest absolute Gasteiger partial charge is 0.122 e. The summed E-state index contributed by atoms with van der Waals surface area (Å²) in [5.74, 6) is 2.03. The minimum Gasteiger partial charge on any atom is -0.496 e. The summed E-state index contributed by atoms with van der Waals surface area (Å²) in [7, 11) is 1.81. The molecule has 0 aromatic heterocycles. The lowest BCUT2D eigenvalue weighted by molar-refractivity contribution is 0.339. The zero-order chi connectivity index (χ0) is 11.9. The van der Waals surface area contributed by atoms with Crippen molar-refractivity contribution >= 4 is 0 Å². The third kappa shape index (κ3) is 1.59. The van der Waals surface area contributed by atoms with Crippen LogP contribution in [-0.4, -0.2) is 7.11 Å². The topological polar surface area (TPSA) is 9.23 Å². The van der Waals surface area contributed by atoms with Gasteiger partial charge in [-0.25, -0.2) is 0 Å². The molecule has 2 aliphatic carbocycles. The van der Waals surface area contributed by atoms with Crippen LogP contribution in [0, 0.1) is 12.8 Å². The Morgan fingerprint density at radius 3 is 2.53 bits per heavy atom. The van der Waals surface area contributed by atoms with Gasteiger partial charge in [0.2, 0.25) is 0 Å². The van der Waals surface area contributed by atoms with E-state index in [0.29, 0.717) is 5.41 Å². The molecule has 1 aromatic carbocycles. The van der Waals surface area contributed by atoms with E-state index in [2.05, 4.69) is 25.1 Å². The predicted octanol–water partition coefficient (Wildman–Crippen LogP) is 4.23. The van der Waals surface area contributed by atoms with E-state index in [4.69, 9.17) is 4.74 Å². The number of rotatable bonds is 2. The molecular formula is C16H22O. The van der Waals surface area contributed by atoms with E-state index >= 15 is 0 Å². The van der Waals surface area contributed by atoms with E-state index in [0.717, 1.165) is 11.7 Å². The number of methoxy groups -OCH3 is 1. The second kappa shape index (κ2) is 4.04. The summed E-state index contributed by atoms with van der Waals surface area (Å²) in [5.41, 5.74) is 3.32. The van der Waals surface area contributed by atoms with Crippen LogP contribution in [-0.2, 0) is 5.41 Å². The molecular weight excluding hydrogens is 208 g/mol. The lowest BCUT2D eigenvalue weighted by Crippen LogP contribution is -2.26. The molecule has 0 unspecified atom stereocenters. The van der Waals surface area contributed by atoms with E-state index in [1.54, 1.807) is 0 Å². The van der Waals surface area contributed by atoms with Gasteiger partial charge < -0.3 is 4.74 Å². The Morgan fingerprint density at radius 2 is 1.88 bits per heavy atom. The molecule has 2 fully saturated rings. The number of aryl methyl sites for hydroxylation is 1. The summed E-state index contributed by atoms with van der Waals surface area (Å²) in [4.78, 5) is 0. The second-order valence-corrected chi connectivity index (χ2v) is 5.84. The number of hydrogen-bond donors (Lipinski definition) is 0. The molecule has 0 radical (unpaired) electrons. The van der Waals surface area contributed by atoms with Crippen LogP contribution in [0.1, 0.15) is 49.7 Å². The molecule has 0 N–H and O–H groups in total. The number of ether oxygens (including phenoxy) is 1. The molecule has 0 saturated heterocycles. The van der Waals surface area contributed by atoms with Crippen LogP contribution < -0.4 is 4.74 Å². The number of benzene rings is 1. The molecule has 0 amide bonds. The highest BCUT2D eigenvalue weighted by molar-refractivity contribution is 5.44. The van der Waals surface area contributed by atoms with E-state index in [1.165, 1.54) is 49.7 Å². The van der Waals surface area contributed by atoms with Gasteiger partial charge in [0.15, 0.2) is 0 Å². The zero-order valence-electron chi connectivity index (χ0n) is 11.0. The minimum atomic E-state index is 0.456.